The molecule has 1 saturated heterocycles. The standard InChI is InChI=1S/C20H24N2O3/c1-15-6-8-18(9-7-15)25-19-5-3-2-4-17(19)12-21-20(24)22-11-10-16(13-22)14-23/h2-9,16,23H,10-14H2,1H3,(H,21,24). The molecular weight excluding hydrogens is 316 g/mol. The van der Waals surface area contributed by atoms with E-state index >= 15 is 0 Å². The molecule has 1 aliphatic heterocycles. The van der Waals surface area contributed by atoms with Crippen molar-refractivity contribution in [2.45, 2.75) is 19.9 Å². The van der Waals surface area contributed by atoms with Crippen LogP contribution in [0, 0.1) is 12.8 Å². The topological polar surface area (TPSA) is 61.8 Å². The first-order valence-electron chi connectivity index (χ1n) is 8.62. The summed E-state index contributed by atoms with van der Waals surface area (Å²) < 4.78 is 5.96. The number of hydrogen-bond donors (Lipinski definition) is 2. The molecule has 1 unspecified atom stereocenters. The molecule has 2 aromatic carbocycles. The Morgan fingerprint density at radius 3 is 2.72 bits per heavy atom. The van der Waals surface area contributed by atoms with Crippen molar-refractivity contribution in [3.8, 4) is 11.5 Å². The van der Waals surface area contributed by atoms with Crippen molar-refractivity contribution in [2.75, 3.05) is 19.7 Å². The number of benzene rings is 2. The third kappa shape index (κ3) is 4.51. The van der Waals surface area contributed by atoms with Gasteiger partial charge in [-0.05, 0) is 31.5 Å². The summed E-state index contributed by atoms with van der Waals surface area (Å²) in [6, 6.07) is 15.5. The predicted octanol–water partition coefficient (Wildman–Crippen LogP) is 3.31. The molecular formula is C20H24N2O3. The molecule has 1 heterocycles. The van der Waals surface area contributed by atoms with Crippen molar-refractivity contribution in [3.05, 3.63) is 59.7 Å². The van der Waals surface area contributed by atoms with Gasteiger partial charge in [-0.25, -0.2) is 4.79 Å². The molecule has 0 spiro atoms. The lowest BCUT2D eigenvalue weighted by atomic mass is 10.1. The monoisotopic (exact) mass is 340 g/mol. The van der Waals surface area contributed by atoms with E-state index in [4.69, 9.17) is 4.74 Å². The van der Waals surface area contributed by atoms with Gasteiger partial charge < -0.3 is 20.1 Å². The Morgan fingerprint density at radius 1 is 1.24 bits per heavy atom. The van der Waals surface area contributed by atoms with Gasteiger partial charge in [0.2, 0.25) is 0 Å². The van der Waals surface area contributed by atoms with E-state index in [1.54, 1.807) is 4.90 Å². The van der Waals surface area contributed by atoms with E-state index in [2.05, 4.69) is 5.32 Å². The molecule has 1 atom stereocenters. The highest BCUT2D eigenvalue weighted by Crippen LogP contribution is 2.25. The molecule has 5 nitrogen and oxygen atoms in total. The summed E-state index contributed by atoms with van der Waals surface area (Å²) in [6.07, 6.45) is 0.858. The van der Waals surface area contributed by atoms with Crippen LogP contribution in [-0.4, -0.2) is 35.7 Å². The number of hydrogen-bond acceptors (Lipinski definition) is 3. The Morgan fingerprint density at radius 2 is 2.00 bits per heavy atom. The minimum atomic E-state index is -0.0962. The van der Waals surface area contributed by atoms with Crippen molar-refractivity contribution < 1.29 is 14.6 Å². The van der Waals surface area contributed by atoms with Gasteiger partial charge in [0.05, 0.1) is 0 Å². The lowest BCUT2D eigenvalue weighted by Crippen LogP contribution is -2.38. The molecule has 2 amide bonds. The number of ether oxygens (including phenoxy) is 1. The molecule has 3 rings (SSSR count). The number of likely N-dealkylation sites (tertiary alicyclic amines) is 1. The zero-order valence-corrected chi connectivity index (χ0v) is 14.4. The Bertz CT molecular complexity index is 715. The SMILES string of the molecule is Cc1ccc(Oc2ccccc2CNC(=O)N2CCC(CO)C2)cc1. The number of nitrogens with zero attached hydrogens (tertiary/aromatic N) is 1. The van der Waals surface area contributed by atoms with E-state index in [1.807, 2.05) is 55.5 Å². The summed E-state index contributed by atoms with van der Waals surface area (Å²) in [7, 11) is 0. The average Bonchev–Trinajstić information content (AvgIpc) is 3.12. The van der Waals surface area contributed by atoms with Gasteiger partial charge in [-0.15, -0.1) is 0 Å². The highest BCUT2D eigenvalue weighted by molar-refractivity contribution is 5.74. The fraction of sp³-hybridized carbons (Fsp3) is 0.350. The van der Waals surface area contributed by atoms with Gasteiger partial charge in [0.1, 0.15) is 11.5 Å². The molecule has 1 fully saturated rings. The minimum Gasteiger partial charge on any atom is -0.457 e. The number of urea groups is 1. The van der Waals surface area contributed by atoms with Crippen LogP contribution in [0.5, 0.6) is 11.5 Å². The maximum Gasteiger partial charge on any atom is 0.317 e. The van der Waals surface area contributed by atoms with E-state index < -0.39 is 0 Å². The highest BCUT2D eigenvalue weighted by atomic mass is 16.5. The third-order valence-corrected chi connectivity index (χ3v) is 4.48. The number of aliphatic hydroxyl groups is 1. The van der Waals surface area contributed by atoms with E-state index in [0.717, 1.165) is 23.5 Å². The molecule has 0 aromatic heterocycles. The Kier molecular flexibility index (Phi) is 5.56. The number of carbonyl (C=O) groups is 1. The maximum absolute atomic E-state index is 12.3. The fourth-order valence-electron chi connectivity index (χ4n) is 2.93. The largest absolute Gasteiger partial charge is 0.457 e. The lowest BCUT2D eigenvalue weighted by molar-refractivity contribution is 0.198. The van der Waals surface area contributed by atoms with Gasteiger partial charge >= 0.3 is 6.03 Å². The fourth-order valence-corrected chi connectivity index (χ4v) is 2.93. The molecule has 2 aromatic rings. The molecule has 5 heteroatoms. The van der Waals surface area contributed by atoms with E-state index in [-0.39, 0.29) is 18.6 Å². The first-order valence-corrected chi connectivity index (χ1v) is 8.62. The predicted molar refractivity (Wildman–Crippen MR) is 96.7 cm³/mol. The van der Waals surface area contributed by atoms with Crippen molar-refractivity contribution in [2.24, 2.45) is 5.92 Å². The van der Waals surface area contributed by atoms with Crippen LogP contribution in [0.4, 0.5) is 4.79 Å². The van der Waals surface area contributed by atoms with Crippen LogP contribution in [-0.2, 0) is 6.54 Å². The highest BCUT2D eigenvalue weighted by Gasteiger charge is 2.25. The van der Waals surface area contributed by atoms with Crippen molar-refractivity contribution >= 4 is 6.03 Å². The second-order valence-corrected chi connectivity index (χ2v) is 6.46. The van der Waals surface area contributed by atoms with Crippen LogP contribution in [0.3, 0.4) is 0 Å². The number of carbonyl (C=O) groups excluding carboxylic acids is 1. The number of aryl methyl sites for hydroxylation is 1. The zero-order chi connectivity index (χ0) is 17.6. The average molecular weight is 340 g/mol. The van der Waals surface area contributed by atoms with Crippen LogP contribution in [0.15, 0.2) is 48.5 Å². The number of aliphatic hydroxyl groups excluding tert-OH is 1. The smallest absolute Gasteiger partial charge is 0.317 e. The summed E-state index contributed by atoms with van der Waals surface area (Å²) in [6.45, 7) is 3.88. The van der Waals surface area contributed by atoms with Gasteiger partial charge in [0, 0.05) is 37.7 Å². The van der Waals surface area contributed by atoms with Crippen LogP contribution in [0.25, 0.3) is 0 Å². The molecule has 132 valence electrons. The number of para-hydroxylation sites is 1. The van der Waals surface area contributed by atoms with E-state index in [9.17, 15) is 9.90 Å². The van der Waals surface area contributed by atoms with Crippen molar-refractivity contribution in [1.29, 1.82) is 0 Å². The molecule has 25 heavy (non-hydrogen) atoms. The van der Waals surface area contributed by atoms with Crippen LogP contribution in [0.2, 0.25) is 0 Å². The van der Waals surface area contributed by atoms with Gasteiger partial charge in [-0.2, -0.15) is 0 Å². The molecule has 1 aliphatic rings. The summed E-state index contributed by atoms with van der Waals surface area (Å²) in [4.78, 5) is 14.0. The summed E-state index contributed by atoms with van der Waals surface area (Å²) in [5.41, 5.74) is 2.11. The molecule has 2 N–H and O–H groups in total. The summed E-state index contributed by atoms with van der Waals surface area (Å²) in [5, 5.41) is 12.1. The number of rotatable bonds is 5. The Labute approximate surface area is 148 Å². The van der Waals surface area contributed by atoms with Crippen molar-refractivity contribution in [1.82, 2.24) is 10.2 Å². The van der Waals surface area contributed by atoms with Crippen LogP contribution >= 0.6 is 0 Å². The molecule has 0 bridgehead atoms. The maximum atomic E-state index is 12.3. The number of amides is 2. The summed E-state index contributed by atoms with van der Waals surface area (Å²) in [5.74, 6) is 1.71. The second kappa shape index (κ2) is 8.03. The number of nitrogens with one attached hydrogen (secondary N) is 1. The normalized spacial score (nSPS) is 16.7. The Balaban J connectivity index is 1.61. The van der Waals surface area contributed by atoms with Gasteiger partial charge in [0.15, 0.2) is 0 Å². The zero-order valence-electron chi connectivity index (χ0n) is 14.4. The lowest BCUT2D eigenvalue weighted by Gasteiger charge is -2.18. The van der Waals surface area contributed by atoms with Gasteiger partial charge in [-0.3, -0.25) is 0 Å². The van der Waals surface area contributed by atoms with Crippen LogP contribution < -0.4 is 10.1 Å². The Hall–Kier alpha value is -2.53. The van der Waals surface area contributed by atoms with E-state index in [1.165, 1.54) is 5.56 Å². The molecule has 0 saturated carbocycles. The van der Waals surface area contributed by atoms with Crippen molar-refractivity contribution in [3.63, 3.8) is 0 Å². The van der Waals surface area contributed by atoms with Gasteiger partial charge in [-0.1, -0.05) is 35.9 Å². The van der Waals surface area contributed by atoms with E-state index in [0.29, 0.717) is 19.6 Å². The van der Waals surface area contributed by atoms with Crippen LogP contribution in [0.1, 0.15) is 17.5 Å². The summed E-state index contributed by atoms with van der Waals surface area (Å²) >= 11 is 0. The molecule has 0 radical (unpaired) electrons. The van der Waals surface area contributed by atoms with Gasteiger partial charge in [0.25, 0.3) is 0 Å². The second-order valence-electron chi connectivity index (χ2n) is 6.46. The first-order chi connectivity index (χ1) is 12.2. The third-order valence-electron chi connectivity index (χ3n) is 4.48. The molecule has 0 aliphatic carbocycles. The minimum absolute atomic E-state index is 0.0962. The first kappa shape index (κ1) is 17.3. The quantitative estimate of drug-likeness (QED) is 0.878.